The van der Waals surface area contributed by atoms with Crippen LogP contribution in [-0.4, -0.2) is 32.0 Å². The van der Waals surface area contributed by atoms with Gasteiger partial charge in [0.05, 0.1) is 10.6 Å². The van der Waals surface area contributed by atoms with Gasteiger partial charge in [0.1, 0.15) is 11.4 Å². The molecule has 1 heterocycles. The van der Waals surface area contributed by atoms with Gasteiger partial charge in [-0.1, -0.05) is 5.16 Å². The molecule has 2 aliphatic rings. The van der Waals surface area contributed by atoms with Crippen molar-refractivity contribution in [3.63, 3.8) is 0 Å². The molecule has 108 valence electrons. The summed E-state index contributed by atoms with van der Waals surface area (Å²) >= 11 is 0. The van der Waals surface area contributed by atoms with Crippen LogP contribution in [0.1, 0.15) is 31.2 Å². The first-order valence-corrected chi connectivity index (χ1v) is 7.96. The van der Waals surface area contributed by atoms with E-state index in [1.807, 2.05) is 0 Å². The molecule has 1 aromatic rings. The monoisotopic (exact) mass is 296 g/mol. The van der Waals surface area contributed by atoms with Gasteiger partial charge >= 0.3 is 0 Å². The van der Waals surface area contributed by atoms with Crippen molar-refractivity contribution in [3.8, 4) is 5.75 Å². The third-order valence-corrected chi connectivity index (χ3v) is 5.45. The van der Waals surface area contributed by atoms with Crippen LogP contribution < -0.4 is 9.46 Å². The minimum atomic E-state index is -3.53. The number of nitrogens with one attached hydrogen (secondary N) is 1. The molecule has 0 amide bonds. The van der Waals surface area contributed by atoms with Crippen molar-refractivity contribution in [1.29, 1.82) is 0 Å². The van der Waals surface area contributed by atoms with Crippen molar-refractivity contribution in [2.45, 2.75) is 36.2 Å². The molecule has 1 saturated carbocycles. The molecule has 1 aromatic carbocycles. The number of sulfonamides is 1. The molecule has 0 atom stereocenters. The number of nitrogens with zero attached hydrogens (tertiary/aromatic N) is 1. The van der Waals surface area contributed by atoms with E-state index in [0.717, 1.165) is 19.3 Å². The molecule has 20 heavy (non-hydrogen) atoms. The topological polar surface area (TPSA) is 88.0 Å². The third-order valence-electron chi connectivity index (χ3n) is 4.04. The van der Waals surface area contributed by atoms with Crippen LogP contribution in [0.3, 0.4) is 0 Å². The lowest BCUT2D eigenvalue weighted by Crippen LogP contribution is -2.47. The Labute approximate surface area is 117 Å². The molecule has 1 aliphatic carbocycles. The zero-order valence-electron chi connectivity index (χ0n) is 11.1. The first-order chi connectivity index (χ1) is 9.50. The predicted octanol–water partition coefficient (Wildman–Crippen LogP) is 1.48. The Morgan fingerprint density at radius 3 is 2.70 bits per heavy atom. The summed E-state index contributed by atoms with van der Waals surface area (Å²) in [5, 5.41) is 12.5. The summed E-state index contributed by atoms with van der Waals surface area (Å²) < 4.78 is 31.9. The van der Waals surface area contributed by atoms with E-state index >= 15 is 0 Å². The fourth-order valence-electron chi connectivity index (χ4n) is 2.72. The normalized spacial score (nSPS) is 22.1. The van der Waals surface area contributed by atoms with Crippen LogP contribution in [0.4, 0.5) is 0 Å². The van der Waals surface area contributed by atoms with Crippen LogP contribution in [0.25, 0.3) is 0 Å². The standard InChI is InChI=1S/C13H16N2O4S/c1-14-20(17,18)9-3-4-12-10(7-9)11(15-16)8-13(19-12)5-2-6-13/h3-4,7,14,16H,2,5-6,8H2,1H3. The number of hydrogen-bond donors (Lipinski definition) is 2. The second-order valence-corrected chi connectivity index (χ2v) is 7.11. The quantitative estimate of drug-likeness (QED) is 0.639. The van der Waals surface area contributed by atoms with Crippen molar-refractivity contribution in [2.24, 2.45) is 5.16 Å². The van der Waals surface area contributed by atoms with Gasteiger partial charge in [0, 0.05) is 12.0 Å². The number of oxime groups is 1. The molecule has 0 radical (unpaired) electrons. The van der Waals surface area contributed by atoms with Crippen molar-refractivity contribution in [2.75, 3.05) is 7.05 Å². The summed E-state index contributed by atoms with van der Waals surface area (Å²) in [5.41, 5.74) is 0.762. The van der Waals surface area contributed by atoms with Crippen molar-refractivity contribution in [3.05, 3.63) is 23.8 Å². The van der Waals surface area contributed by atoms with E-state index in [2.05, 4.69) is 9.88 Å². The van der Waals surface area contributed by atoms with Gasteiger partial charge in [-0.15, -0.1) is 0 Å². The van der Waals surface area contributed by atoms with Gasteiger partial charge in [0.2, 0.25) is 10.0 Å². The van der Waals surface area contributed by atoms with Crippen LogP contribution in [0.2, 0.25) is 0 Å². The molecule has 0 aromatic heterocycles. The van der Waals surface area contributed by atoms with Crippen LogP contribution in [-0.2, 0) is 10.0 Å². The molecule has 3 rings (SSSR count). The molecule has 0 unspecified atom stereocenters. The zero-order valence-corrected chi connectivity index (χ0v) is 11.9. The average Bonchev–Trinajstić information content (AvgIpc) is 2.43. The fourth-order valence-corrected chi connectivity index (χ4v) is 3.47. The maximum absolute atomic E-state index is 11.8. The largest absolute Gasteiger partial charge is 0.486 e. The Balaban J connectivity index is 2.07. The minimum Gasteiger partial charge on any atom is -0.486 e. The minimum absolute atomic E-state index is 0.132. The molecule has 0 saturated heterocycles. The molecule has 1 spiro atoms. The molecule has 7 heteroatoms. The molecule has 1 aliphatic heterocycles. The smallest absolute Gasteiger partial charge is 0.240 e. The summed E-state index contributed by atoms with van der Waals surface area (Å²) in [6.07, 6.45) is 3.48. The lowest BCUT2D eigenvalue weighted by atomic mass is 9.74. The first kappa shape index (κ1) is 13.4. The predicted molar refractivity (Wildman–Crippen MR) is 72.8 cm³/mol. The molecule has 0 bridgehead atoms. The number of fused-ring (bicyclic) bond motifs is 1. The van der Waals surface area contributed by atoms with Gasteiger partial charge < -0.3 is 9.94 Å². The maximum Gasteiger partial charge on any atom is 0.240 e. The van der Waals surface area contributed by atoms with Gasteiger partial charge in [0.15, 0.2) is 0 Å². The van der Waals surface area contributed by atoms with Gasteiger partial charge in [0.25, 0.3) is 0 Å². The van der Waals surface area contributed by atoms with E-state index in [1.54, 1.807) is 6.07 Å². The van der Waals surface area contributed by atoms with Crippen LogP contribution in [0.5, 0.6) is 5.75 Å². The average molecular weight is 296 g/mol. The van der Waals surface area contributed by atoms with Crippen LogP contribution >= 0.6 is 0 Å². The van der Waals surface area contributed by atoms with Crippen molar-refractivity contribution < 1.29 is 18.4 Å². The Morgan fingerprint density at radius 2 is 2.15 bits per heavy atom. The van der Waals surface area contributed by atoms with Gasteiger partial charge in [-0.25, -0.2) is 13.1 Å². The first-order valence-electron chi connectivity index (χ1n) is 6.48. The number of rotatable bonds is 2. The number of benzene rings is 1. The Hall–Kier alpha value is -1.60. The molecular formula is C13H16N2O4S. The second-order valence-electron chi connectivity index (χ2n) is 5.23. The highest BCUT2D eigenvalue weighted by Crippen LogP contribution is 2.45. The van der Waals surface area contributed by atoms with E-state index in [1.165, 1.54) is 19.2 Å². The number of hydrogen-bond acceptors (Lipinski definition) is 5. The highest BCUT2D eigenvalue weighted by Gasteiger charge is 2.44. The summed E-state index contributed by atoms with van der Waals surface area (Å²) in [5.74, 6) is 0.582. The van der Waals surface area contributed by atoms with Crippen LogP contribution in [0.15, 0.2) is 28.3 Å². The van der Waals surface area contributed by atoms with E-state index in [0.29, 0.717) is 23.4 Å². The Bertz CT molecular complexity index is 678. The molecule has 1 fully saturated rings. The molecule has 6 nitrogen and oxygen atoms in total. The maximum atomic E-state index is 11.8. The summed E-state index contributed by atoms with van der Waals surface area (Å²) in [7, 11) is -2.17. The Kier molecular flexibility index (Phi) is 2.98. The van der Waals surface area contributed by atoms with E-state index in [4.69, 9.17) is 4.74 Å². The molecule has 2 N–H and O–H groups in total. The lowest BCUT2D eigenvalue weighted by molar-refractivity contribution is -0.00550. The van der Waals surface area contributed by atoms with Gasteiger partial charge in [-0.3, -0.25) is 0 Å². The second kappa shape index (κ2) is 4.46. The Morgan fingerprint density at radius 1 is 1.40 bits per heavy atom. The van der Waals surface area contributed by atoms with Gasteiger partial charge in [-0.2, -0.15) is 0 Å². The molecular weight excluding hydrogens is 280 g/mol. The summed E-state index contributed by atoms with van der Waals surface area (Å²) in [6, 6.07) is 4.61. The van der Waals surface area contributed by atoms with E-state index < -0.39 is 10.0 Å². The van der Waals surface area contributed by atoms with E-state index in [-0.39, 0.29) is 10.5 Å². The van der Waals surface area contributed by atoms with E-state index in [9.17, 15) is 13.6 Å². The van der Waals surface area contributed by atoms with Crippen molar-refractivity contribution in [1.82, 2.24) is 4.72 Å². The zero-order chi connectivity index (χ0) is 14.4. The van der Waals surface area contributed by atoms with Crippen molar-refractivity contribution >= 4 is 15.7 Å². The fraction of sp³-hybridized carbons (Fsp3) is 0.462. The summed E-state index contributed by atoms with van der Waals surface area (Å²) in [4.78, 5) is 0.132. The lowest BCUT2D eigenvalue weighted by Gasteiger charge is -2.45. The van der Waals surface area contributed by atoms with Gasteiger partial charge in [-0.05, 0) is 44.5 Å². The number of ether oxygens (including phenoxy) is 1. The SMILES string of the molecule is CNS(=O)(=O)c1ccc2c(c1)C(=NO)CC1(CCC1)O2. The highest BCUT2D eigenvalue weighted by molar-refractivity contribution is 7.89. The van der Waals surface area contributed by atoms with Crippen LogP contribution in [0, 0.1) is 0 Å². The summed E-state index contributed by atoms with van der Waals surface area (Å²) in [6.45, 7) is 0. The highest BCUT2D eigenvalue weighted by atomic mass is 32.2. The third kappa shape index (κ3) is 1.97.